The van der Waals surface area contributed by atoms with Crippen LogP contribution < -0.4 is 0 Å². The second kappa shape index (κ2) is 5.08. The molecule has 2 aromatic rings. The average molecular weight is 243 g/mol. The Morgan fingerprint density at radius 2 is 1.83 bits per heavy atom. The number of carbonyl (C=O) groups excluding carboxylic acids is 1. The van der Waals surface area contributed by atoms with Gasteiger partial charge in [-0.1, -0.05) is 29.8 Å². The Hall–Kier alpha value is -2.03. The molecule has 0 unspecified atom stereocenters. The predicted octanol–water partition coefficient (Wildman–Crippen LogP) is 3.18. The van der Waals surface area contributed by atoms with Crippen molar-refractivity contribution in [3.63, 3.8) is 0 Å². The molecule has 1 aromatic carbocycles. The fraction of sp³-hybridized carbons (Fsp3) is 0.267. The van der Waals surface area contributed by atoms with Crippen molar-refractivity contribution in [2.24, 2.45) is 7.05 Å². The van der Waals surface area contributed by atoms with Crippen LogP contribution in [0.1, 0.15) is 23.0 Å². The number of aryl methyl sites for hydroxylation is 1. The first-order chi connectivity index (χ1) is 8.63. The van der Waals surface area contributed by atoms with Gasteiger partial charge in [-0.2, -0.15) is 0 Å². The average Bonchev–Trinajstić information content (AvgIpc) is 2.73. The summed E-state index contributed by atoms with van der Waals surface area (Å²) in [5.41, 5.74) is 3.91. The van der Waals surface area contributed by atoms with Gasteiger partial charge < -0.3 is 9.30 Å². The zero-order valence-electron chi connectivity index (χ0n) is 10.9. The lowest BCUT2D eigenvalue weighted by molar-refractivity contribution is 0.0515. The third-order valence-corrected chi connectivity index (χ3v) is 2.95. The molecule has 0 aliphatic carbocycles. The Labute approximate surface area is 107 Å². The van der Waals surface area contributed by atoms with Gasteiger partial charge in [0.25, 0.3) is 0 Å². The smallest absolute Gasteiger partial charge is 0.354 e. The van der Waals surface area contributed by atoms with E-state index in [1.54, 1.807) is 6.07 Å². The molecule has 1 aromatic heterocycles. The van der Waals surface area contributed by atoms with Crippen molar-refractivity contribution in [3.05, 3.63) is 47.7 Å². The van der Waals surface area contributed by atoms with E-state index in [1.807, 2.05) is 24.6 Å². The molecule has 2 rings (SSSR count). The van der Waals surface area contributed by atoms with E-state index in [-0.39, 0.29) is 5.97 Å². The van der Waals surface area contributed by atoms with Crippen LogP contribution in [0.15, 0.2) is 36.4 Å². The third kappa shape index (κ3) is 2.30. The van der Waals surface area contributed by atoms with Gasteiger partial charge >= 0.3 is 5.97 Å². The SMILES string of the molecule is CCOC(=O)c1ccc(-c2ccc(C)cc2)n1C. The van der Waals surface area contributed by atoms with Crippen molar-refractivity contribution in [3.8, 4) is 11.3 Å². The molecular formula is C15H17NO2. The van der Waals surface area contributed by atoms with E-state index in [0.717, 1.165) is 11.3 Å². The van der Waals surface area contributed by atoms with Crippen LogP contribution in [-0.2, 0) is 11.8 Å². The minimum Gasteiger partial charge on any atom is -0.461 e. The summed E-state index contributed by atoms with van der Waals surface area (Å²) >= 11 is 0. The highest BCUT2D eigenvalue weighted by atomic mass is 16.5. The highest BCUT2D eigenvalue weighted by Crippen LogP contribution is 2.22. The summed E-state index contributed by atoms with van der Waals surface area (Å²) in [5, 5.41) is 0. The minimum absolute atomic E-state index is 0.279. The lowest BCUT2D eigenvalue weighted by atomic mass is 10.1. The predicted molar refractivity (Wildman–Crippen MR) is 71.5 cm³/mol. The van der Waals surface area contributed by atoms with Gasteiger partial charge in [-0.3, -0.25) is 0 Å². The normalized spacial score (nSPS) is 10.4. The molecule has 1 heterocycles. The van der Waals surface area contributed by atoms with Crippen LogP contribution in [0.2, 0.25) is 0 Å². The lowest BCUT2D eigenvalue weighted by Crippen LogP contribution is -2.10. The Morgan fingerprint density at radius 1 is 1.17 bits per heavy atom. The third-order valence-electron chi connectivity index (χ3n) is 2.95. The van der Waals surface area contributed by atoms with Crippen molar-refractivity contribution >= 4 is 5.97 Å². The molecule has 0 saturated heterocycles. The number of carbonyl (C=O) groups is 1. The number of aromatic nitrogens is 1. The maximum absolute atomic E-state index is 11.7. The van der Waals surface area contributed by atoms with E-state index in [0.29, 0.717) is 12.3 Å². The van der Waals surface area contributed by atoms with Crippen LogP contribution in [0.3, 0.4) is 0 Å². The molecule has 0 fully saturated rings. The monoisotopic (exact) mass is 243 g/mol. The van der Waals surface area contributed by atoms with Gasteiger partial charge in [0.2, 0.25) is 0 Å². The highest BCUT2D eigenvalue weighted by Gasteiger charge is 2.14. The second-order valence-corrected chi connectivity index (χ2v) is 4.25. The van der Waals surface area contributed by atoms with Gasteiger partial charge in [-0.15, -0.1) is 0 Å². The molecule has 3 nitrogen and oxygen atoms in total. The van der Waals surface area contributed by atoms with Crippen LogP contribution in [0, 0.1) is 6.92 Å². The number of esters is 1. The number of ether oxygens (including phenoxy) is 1. The van der Waals surface area contributed by atoms with Gasteiger partial charge in [0.15, 0.2) is 0 Å². The van der Waals surface area contributed by atoms with Crippen molar-refractivity contribution in [1.82, 2.24) is 4.57 Å². The fourth-order valence-electron chi connectivity index (χ4n) is 1.94. The standard InChI is InChI=1S/C15H17NO2/c1-4-18-15(17)14-10-9-13(16(14)3)12-7-5-11(2)6-8-12/h5-10H,4H2,1-3H3. The molecule has 0 amide bonds. The summed E-state index contributed by atoms with van der Waals surface area (Å²) in [6.45, 7) is 4.25. The highest BCUT2D eigenvalue weighted by molar-refractivity contribution is 5.89. The second-order valence-electron chi connectivity index (χ2n) is 4.25. The molecule has 0 bridgehead atoms. The van der Waals surface area contributed by atoms with E-state index < -0.39 is 0 Å². The van der Waals surface area contributed by atoms with E-state index in [2.05, 4.69) is 31.2 Å². The van der Waals surface area contributed by atoms with Gasteiger partial charge in [0.05, 0.1) is 6.61 Å². The molecule has 0 aliphatic rings. The summed E-state index contributed by atoms with van der Waals surface area (Å²) in [7, 11) is 1.88. The molecule has 18 heavy (non-hydrogen) atoms. The maximum atomic E-state index is 11.7. The van der Waals surface area contributed by atoms with Crippen molar-refractivity contribution in [1.29, 1.82) is 0 Å². The topological polar surface area (TPSA) is 31.2 Å². The Kier molecular flexibility index (Phi) is 3.51. The summed E-state index contributed by atoms with van der Waals surface area (Å²) in [6.07, 6.45) is 0. The summed E-state index contributed by atoms with van der Waals surface area (Å²) in [6, 6.07) is 12.0. The molecule has 0 saturated carbocycles. The Bertz CT molecular complexity index is 552. The van der Waals surface area contributed by atoms with Gasteiger partial charge in [0, 0.05) is 12.7 Å². The number of hydrogen-bond acceptors (Lipinski definition) is 2. The molecule has 0 spiro atoms. The zero-order chi connectivity index (χ0) is 13.1. The summed E-state index contributed by atoms with van der Waals surface area (Å²) in [4.78, 5) is 11.7. The number of rotatable bonds is 3. The zero-order valence-corrected chi connectivity index (χ0v) is 10.9. The summed E-state index contributed by atoms with van der Waals surface area (Å²) < 4.78 is 6.88. The van der Waals surface area contributed by atoms with E-state index >= 15 is 0 Å². The molecular weight excluding hydrogens is 226 g/mol. The Morgan fingerprint density at radius 3 is 2.44 bits per heavy atom. The van der Waals surface area contributed by atoms with E-state index in [9.17, 15) is 4.79 Å². The van der Waals surface area contributed by atoms with Crippen LogP contribution in [-0.4, -0.2) is 17.1 Å². The fourth-order valence-corrected chi connectivity index (χ4v) is 1.94. The lowest BCUT2D eigenvalue weighted by Gasteiger charge is -2.07. The van der Waals surface area contributed by atoms with Crippen LogP contribution in [0.5, 0.6) is 0 Å². The van der Waals surface area contributed by atoms with Crippen LogP contribution >= 0.6 is 0 Å². The molecule has 3 heteroatoms. The first-order valence-electron chi connectivity index (χ1n) is 6.03. The quantitative estimate of drug-likeness (QED) is 0.775. The number of hydrogen-bond donors (Lipinski definition) is 0. The molecule has 0 aliphatic heterocycles. The molecule has 0 atom stereocenters. The van der Waals surface area contributed by atoms with E-state index in [1.165, 1.54) is 5.56 Å². The molecule has 0 N–H and O–H groups in total. The molecule has 0 radical (unpaired) electrons. The first-order valence-corrected chi connectivity index (χ1v) is 6.03. The minimum atomic E-state index is -0.279. The van der Waals surface area contributed by atoms with Crippen molar-refractivity contribution in [2.75, 3.05) is 6.61 Å². The van der Waals surface area contributed by atoms with Crippen LogP contribution in [0.25, 0.3) is 11.3 Å². The van der Waals surface area contributed by atoms with Crippen LogP contribution in [0.4, 0.5) is 0 Å². The van der Waals surface area contributed by atoms with Gasteiger partial charge in [0.1, 0.15) is 5.69 Å². The van der Waals surface area contributed by atoms with Gasteiger partial charge in [-0.05, 0) is 31.5 Å². The van der Waals surface area contributed by atoms with Gasteiger partial charge in [-0.25, -0.2) is 4.79 Å². The maximum Gasteiger partial charge on any atom is 0.354 e. The largest absolute Gasteiger partial charge is 0.461 e. The Balaban J connectivity index is 2.36. The van der Waals surface area contributed by atoms with Crippen molar-refractivity contribution < 1.29 is 9.53 Å². The number of nitrogens with zero attached hydrogens (tertiary/aromatic N) is 1. The van der Waals surface area contributed by atoms with Crippen molar-refractivity contribution in [2.45, 2.75) is 13.8 Å². The molecule has 94 valence electrons. The van der Waals surface area contributed by atoms with E-state index in [4.69, 9.17) is 4.74 Å². The summed E-state index contributed by atoms with van der Waals surface area (Å²) in [5.74, 6) is -0.279. The first kappa shape index (κ1) is 12.4. The number of benzene rings is 1.